The van der Waals surface area contributed by atoms with Gasteiger partial charge in [-0.05, 0) is 86.2 Å². The van der Waals surface area contributed by atoms with Crippen molar-refractivity contribution in [2.24, 2.45) is 0 Å². The molecule has 0 aliphatic heterocycles. The number of fused-ring (bicyclic) bond motifs is 1. The number of anilines is 1. The van der Waals surface area contributed by atoms with E-state index in [1.807, 2.05) is 38.1 Å². The molecule has 3 aromatic rings. The molecule has 0 spiro atoms. The number of carbonyl (C=O) groups excluding carboxylic acids is 1. The van der Waals surface area contributed by atoms with Crippen LogP contribution in [-0.2, 0) is 21.2 Å². The average molecular weight is 479 g/mol. The van der Waals surface area contributed by atoms with Crippen molar-refractivity contribution in [3.63, 3.8) is 0 Å². The minimum atomic E-state index is -3.94. The van der Waals surface area contributed by atoms with Gasteiger partial charge in [-0.15, -0.1) is 0 Å². The molecule has 1 unspecified atom stereocenters. The molecule has 6 nitrogen and oxygen atoms in total. The number of amides is 1. The van der Waals surface area contributed by atoms with E-state index in [1.54, 1.807) is 49.6 Å². The summed E-state index contributed by atoms with van der Waals surface area (Å²) in [5.74, 6) is 0.450. The molecule has 0 aromatic heterocycles. The van der Waals surface area contributed by atoms with Crippen molar-refractivity contribution in [2.45, 2.75) is 44.0 Å². The third-order valence-electron chi connectivity index (χ3n) is 6.19. The summed E-state index contributed by atoms with van der Waals surface area (Å²) in [6.07, 6.45) is 2.67. The van der Waals surface area contributed by atoms with Crippen LogP contribution in [0.25, 0.3) is 0 Å². The molecule has 0 radical (unpaired) electrons. The third kappa shape index (κ3) is 5.09. The lowest BCUT2D eigenvalue weighted by Crippen LogP contribution is -2.42. The molecule has 0 saturated heterocycles. The van der Waals surface area contributed by atoms with E-state index in [2.05, 4.69) is 5.32 Å². The fourth-order valence-corrected chi connectivity index (χ4v) is 5.79. The van der Waals surface area contributed by atoms with Gasteiger partial charge in [0, 0.05) is 0 Å². The molecular formula is C27H30N2O4S. The maximum atomic E-state index is 13.6. The van der Waals surface area contributed by atoms with E-state index in [9.17, 15) is 13.2 Å². The van der Waals surface area contributed by atoms with Crippen molar-refractivity contribution in [1.29, 1.82) is 0 Å². The number of hydrogen-bond acceptors (Lipinski definition) is 4. The van der Waals surface area contributed by atoms with Gasteiger partial charge < -0.3 is 10.1 Å². The van der Waals surface area contributed by atoms with E-state index >= 15 is 0 Å². The van der Waals surface area contributed by atoms with Crippen molar-refractivity contribution in [3.05, 3.63) is 89.0 Å². The first-order valence-electron chi connectivity index (χ1n) is 11.4. The van der Waals surface area contributed by atoms with Gasteiger partial charge in [-0.1, -0.05) is 35.9 Å². The minimum Gasteiger partial charge on any atom is -0.497 e. The van der Waals surface area contributed by atoms with Gasteiger partial charge in [0.25, 0.3) is 10.0 Å². The summed E-state index contributed by atoms with van der Waals surface area (Å²) in [6.45, 7) is 3.49. The van der Waals surface area contributed by atoms with Crippen LogP contribution in [0.4, 0.5) is 5.69 Å². The molecule has 1 aliphatic carbocycles. The highest BCUT2D eigenvalue weighted by atomic mass is 32.2. The molecule has 34 heavy (non-hydrogen) atoms. The van der Waals surface area contributed by atoms with Crippen LogP contribution >= 0.6 is 0 Å². The molecule has 1 N–H and O–H groups in total. The molecule has 1 atom stereocenters. The Hall–Kier alpha value is -3.32. The van der Waals surface area contributed by atoms with Crippen molar-refractivity contribution in [3.8, 4) is 5.75 Å². The van der Waals surface area contributed by atoms with E-state index in [0.717, 1.165) is 47.3 Å². The second-order valence-corrected chi connectivity index (χ2v) is 10.6. The Labute approximate surface area is 201 Å². The molecule has 0 saturated carbocycles. The molecular weight excluding hydrogens is 448 g/mol. The number of aryl methyl sites for hydroxylation is 3. The number of sulfonamides is 1. The molecule has 3 aromatic carbocycles. The topological polar surface area (TPSA) is 75.7 Å². The normalized spacial score (nSPS) is 15.3. The maximum absolute atomic E-state index is 13.6. The number of hydrogen-bond donors (Lipinski definition) is 1. The van der Waals surface area contributed by atoms with E-state index in [0.29, 0.717) is 5.69 Å². The standard InChI is InChI=1S/C27H30N2O4S/c1-19-10-13-24(14-11-19)34(31,32)29(22-8-4-6-20(2)16-22)18-27(30)28-26-9-5-7-21-17-23(33-3)12-15-25(21)26/h4,6,8,10-17,26H,5,7,9,18H2,1-3H3,(H,28,30). The van der Waals surface area contributed by atoms with Crippen LogP contribution in [-0.4, -0.2) is 28.0 Å². The van der Waals surface area contributed by atoms with Crippen LogP contribution < -0.4 is 14.4 Å². The van der Waals surface area contributed by atoms with Crippen LogP contribution in [0.2, 0.25) is 0 Å². The number of methoxy groups -OCH3 is 1. The summed E-state index contributed by atoms with van der Waals surface area (Å²) in [6, 6.07) is 19.6. The second-order valence-electron chi connectivity index (χ2n) is 8.74. The molecule has 0 heterocycles. The monoisotopic (exact) mass is 478 g/mol. The fourth-order valence-electron chi connectivity index (χ4n) is 4.37. The number of nitrogens with one attached hydrogen (secondary N) is 1. The first kappa shape index (κ1) is 23.8. The van der Waals surface area contributed by atoms with Crippen molar-refractivity contribution >= 4 is 21.6 Å². The Balaban J connectivity index is 1.61. The third-order valence-corrected chi connectivity index (χ3v) is 7.97. The summed E-state index contributed by atoms with van der Waals surface area (Å²) in [5, 5.41) is 3.07. The molecule has 7 heteroatoms. The van der Waals surface area contributed by atoms with Gasteiger partial charge in [0.2, 0.25) is 5.91 Å². The van der Waals surface area contributed by atoms with E-state index in [4.69, 9.17) is 4.74 Å². The molecule has 178 valence electrons. The zero-order chi connectivity index (χ0) is 24.3. The zero-order valence-corrected chi connectivity index (χ0v) is 20.6. The summed E-state index contributed by atoms with van der Waals surface area (Å²) >= 11 is 0. The van der Waals surface area contributed by atoms with Crippen LogP contribution in [0.3, 0.4) is 0 Å². The maximum Gasteiger partial charge on any atom is 0.264 e. The van der Waals surface area contributed by atoms with Gasteiger partial charge in [-0.25, -0.2) is 8.42 Å². The van der Waals surface area contributed by atoms with E-state index in [1.165, 1.54) is 4.31 Å². The molecule has 1 aliphatic rings. The van der Waals surface area contributed by atoms with Crippen LogP contribution in [0, 0.1) is 13.8 Å². The highest BCUT2D eigenvalue weighted by Crippen LogP contribution is 2.32. The Kier molecular flexibility index (Phi) is 6.93. The predicted octanol–water partition coefficient (Wildman–Crippen LogP) is 4.70. The minimum absolute atomic E-state index is 0.155. The SMILES string of the molecule is COc1ccc2c(c1)CCCC2NC(=O)CN(c1cccc(C)c1)S(=O)(=O)c1ccc(C)cc1. The molecule has 0 fully saturated rings. The smallest absolute Gasteiger partial charge is 0.264 e. The van der Waals surface area contributed by atoms with Crippen molar-refractivity contribution in [1.82, 2.24) is 5.32 Å². The van der Waals surface area contributed by atoms with Crippen LogP contribution in [0.1, 0.15) is 41.1 Å². The quantitative estimate of drug-likeness (QED) is 0.534. The number of nitrogens with zero attached hydrogens (tertiary/aromatic N) is 1. The Morgan fingerprint density at radius 3 is 2.50 bits per heavy atom. The molecule has 4 rings (SSSR count). The van der Waals surface area contributed by atoms with Crippen molar-refractivity contribution < 1.29 is 17.9 Å². The fraction of sp³-hybridized carbons (Fsp3) is 0.296. The van der Waals surface area contributed by atoms with Gasteiger partial charge >= 0.3 is 0 Å². The average Bonchev–Trinajstić information content (AvgIpc) is 2.82. The Bertz CT molecular complexity index is 1290. The first-order chi connectivity index (χ1) is 16.3. The summed E-state index contributed by atoms with van der Waals surface area (Å²) < 4.78 is 33.7. The van der Waals surface area contributed by atoms with Crippen LogP contribution in [0.5, 0.6) is 5.75 Å². The second kappa shape index (κ2) is 9.89. The number of carbonyl (C=O) groups is 1. The predicted molar refractivity (Wildman–Crippen MR) is 134 cm³/mol. The first-order valence-corrected chi connectivity index (χ1v) is 12.8. The van der Waals surface area contributed by atoms with Gasteiger partial charge in [-0.3, -0.25) is 9.10 Å². The highest BCUT2D eigenvalue weighted by molar-refractivity contribution is 7.92. The van der Waals surface area contributed by atoms with E-state index < -0.39 is 10.0 Å². The largest absolute Gasteiger partial charge is 0.497 e. The Morgan fingerprint density at radius 2 is 1.79 bits per heavy atom. The van der Waals surface area contributed by atoms with E-state index in [-0.39, 0.29) is 23.4 Å². The Morgan fingerprint density at radius 1 is 1.03 bits per heavy atom. The zero-order valence-electron chi connectivity index (χ0n) is 19.7. The number of ether oxygens (including phenoxy) is 1. The lowest BCUT2D eigenvalue weighted by Gasteiger charge is -2.29. The van der Waals surface area contributed by atoms with Gasteiger partial charge in [0.15, 0.2) is 0 Å². The lowest BCUT2D eigenvalue weighted by molar-refractivity contribution is -0.120. The summed E-state index contributed by atoms with van der Waals surface area (Å²) in [4.78, 5) is 13.4. The van der Waals surface area contributed by atoms with Gasteiger partial charge in [-0.2, -0.15) is 0 Å². The van der Waals surface area contributed by atoms with Gasteiger partial charge in [0.1, 0.15) is 12.3 Å². The van der Waals surface area contributed by atoms with Gasteiger partial charge in [0.05, 0.1) is 23.7 Å². The van der Waals surface area contributed by atoms with Crippen LogP contribution in [0.15, 0.2) is 71.6 Å². The lowest BCUT2D eigenvalue weighted by atomic mass is 9.87. The number of rotatable bonds is 7. The molecule has 1 amide bonds. The highest BCUT2D eigenvalue weighted by Gasteiger charge is 2.29. The summed E-state index contributed by atoms with van der Waals surface area (Å²) in [7, 11) is -2.30. The molecule has 0 bridgehead atoms. The summed E-state index contributed by atoms with van der Waals surface area (Å²) in [5.41, 5.74) is 4.55. The van der Waals surface area contributed by atoms with Crippen molar-refractivity contribution in [2.75, 3.05) is 18.0 Å². The number of benzene rings is 3.